The van der Waals surface area contributed by atoms with E-state index in [1.165, 1.54) is 4.52 Å². The van der Waals surface area contributed by atoms with Gasteiger partial charge in [0.25, 0.3) is 5.78 Å². The molecule has 1 saturated heterocycles. The number of morpholine rings is 1. The van der Waals surface area contributed by atoms with Crippen molar-refractivity contribution in [3.05, 3.63) is 23.8 Å². The van der Waals surface area contributed by atoms with Crippen LogP contribution in [0.15, 0.2) is 12.4 Å². The highest BCUT2D eigenvalue weighted by molar-refractivity contribution is 5.69. The van der Waals surface area contributed by atoms with Gasteiger partial charge < -0.3 is 15.2 Å². The standard InChI is InChI=1S/C22H31F3N6O3/c1-21(2,3)34-20(32)30-8-9-33-12-17(30)15-10-27-31-11-16(29-19(31)28-15)18(26)13-4-6-14(7-5-13)22(23,24)25/h10-11,13-14,17-18H,4-9,12,26H2,1-3H3/t13?,14?,17?,18-/m0/s1. The molecule has 0 spiro atoms. The Morgan fingerprint density at radius 2 is 1.91 bits per heavy atom. The number of carbonyl (C=O) groups is 1. The first kappa shape index (κ1) is 24.6. The summed E-state index contributed by atoms with van der Waals surface area (Å²) in [6.07, 6.45) is -0.437. The summed E-state index contributed by atoms with van der Waals surface area (Å²) >= 11 is 0. The first-order valence-corrected chi connectivity index (χ1v) is 11.5. The molecule has 188 valence electrons. The van der Waals surface area contributed by atoms with Crippen molar-refractivity contribution in [2.24, 2.45) is 17.6 Å². The van der Waals surface area contributed by atoms with Gasteiger partial charge in [0.2, 0.25) is 0 Å². The molecular formula is C22H31F3N6O3. The quantitative estimate of drug-likeness (QED) is 0.706. The average Bonchev–Trinajstić information content (AvgIpc) is 3.20. The fourth-order valence-corrected chi connectivity index (χ4v) is 4.56. The lowest BCUT2D eigenvalue weighted by Crippen LogP contribution is -2.46. The van der Waals surface area contributed by atoms with E-state index in [-0.39, 0.29) is 25.4 Å². The van der Waals surface area contributed by atoms with Crippen LogP contribution in [-0.4, -0.2) is 62.1 Å². The number of fused-ring (bicyclic) bond motifs is 1. The first-order valence-electron chi connectivity index (χ1n) is 11.5. The summed E-state index contributed by atoms with van der Waals surface area (Å²) in [6, 6.07) is -0.982. The maximum atomic E-state index is 13.0. The van der Waals surface area contributed by atoms with Crippen LogP contribution in [-0.2, 0) is 9.47 Å². The predicted molar refractivity (Wildman–Crippen MR) is 116 cm³/mol. The molecule has 2 aliphatic rings. The van der Waals surface area contributed by atoms with Crippen molar-refractivity contribution in [3.63, 3.8) is 0 Å². The van der Waals surface area contributed by atoms with Crippen molar-refractivity contribution in [2.75, 3.05) is 19.8 Å². The Morgan fingerprint density at radius 3 is 2.56 bits per heavy atom. The number of nitrogens with zero attached hydrogens (tertiary/aromatic N) is 5. The van der Waals surface area contributed by atoms with E-state index in [0.717, 1.165) is 0 Å². The molecule has 1 saturated carbocycles. The number of nitrogens with two attached hydrogens (primary N) is 1. The van der Waals surface area contributed by atoms with Crippen LogP contribution in [0.4, 0.5) is 18.0 Å². The molecule has 12 heteroatoms. The molecule has 2 N–H and O–H groups in total. The van der Waals surface area contributed by atoms with E-state index in [9.17, 15) is 18.0 Å². The van der Waals surface area contributed by atoms with Crippen molar-refractivity contribution < 1.29 is 27.4 Å². The third-order valence-corrected chi connectivity index (χ3v) is 6.41. The van der Waals surface area contributed by atoms with E-state index in [0.29, 0.717) is 43.2 Å². The molecule has 2 fully saturated rings. The number of ether oxygens (including phenoxy) is 2. The van der Waals surface area contributed by atoms with Crippen LogP contribution in [0, 0.1) is 11.8 Å². The van der Waals surface area contributed by atoms with E-state index in [1.54, 1.807) is 38.1 Å². The zero-order chi connectivity index (χ0) is 24.7. The number of aromatic nitrogens is 4. The van der Waals surface area contributed by atoms with Gasteiger partial charge in [-0.3, -0.25) is 4.90 Å². The van der Waals surface area contributed by atoms with Crippen molar-refractivity contribution in [3.8, 4) is 0 Å². The number of alkyl halides is 3. The molecule has 1 aliphatic carbocycles. The second-order valence-electron chi connectivity index (χ2n) is 10.0. The molecule has 1 aliphatic heterocycles. The molecular weight excluding hydrogens is 453 g/mol. The average molecular weight is 485 g/mol. The number of amides is 1. The van der Waals surface area contributed by atoms with Crippen molar-refractivity contribution in [1.29, 1.82) is 0 Å². The molecule has 4 rings (SSSR count). The number of hydrogen-bond acceptors (Lipinski definition) is 7. The molecule has 1 amide bonds. The van der Waals surface area contributed by atoms with Crippen LogP contribution in [0.2, 0.25) is 0 Å². The molecule has 0 bridgehead atoms. The maximum Gasteiger partial charge on any atom is 0.411 e. The summed E-state index contributed by atoms with van der Waals surface area (Å²) in [6.45, 7) is 6.41. The summed E-state index contributed by atoms with van der Waals surface area (Å²) < 4.78 is 51.5. The van der Waals surface area contributed by atoms with Crippen LogP contribution in [0.3, 0.4) is 0 Å². The molecule has 2 atom stereocenters. The summed E-state index contributed by atoms with van der Waals surface area (Å²) in [7, 11) is 0. The van der Waals surface area contributed by atoms with E-state index >= 15 is 0 Å². The van der Waals surface area contributed by atoms with E-state index < -0.39 is 35.9 Å². The van der Waals surface area contributed by atoms with Gasteiger partial charge in [-0.1, -0.05) is 0 Å². The largest absolute Gasteiger partial charge is 0.444 e. The van der Waals surface area contributed by atoms with E-state index in [2.05, 4.69) is 15.1 Å². The maximum absolute atomic E-state index is 13.0. The van der Waals surface area contributed by atoms with Crippen LogP contribution in [0.25, 0.3) is 5.78 Å². The molecule has 0 radical (unpaired) electrons. The van der Waals surface area contributed by atoms with Gasteiger partial charge in [0.05, 0.1) is 49.0 Å². The van der Waals surface area contributed by atoms with Crippen molar-refractivity contribution >= 4 is 11.9 Å². The molecule has 0 aromatic carbocycles. The fourth-order valence-electron chi connectivity index (χ4n) is 4.56. The zero-order valence-corrected chi connectivity index (χ0v) is 19.6. The second kappa shape index (κ2) is 9.29. The number of hydrogen-bond donors (Lipinski definition) is 1. The van der Waals surface area contributed by atoms with Crippen LogP contribution < -0.4 is 5.73 Å². The summed E-state index contributed by atoms with van der Waals surface area (Å²) in [5.74, 6) is -1.03. The van der Waals surface area contributed by atoms with Crippen LogP contribution in [0.5, 0.6) is 0 Å². The second-order valence-corrected chi connectivity index (χ2v) is 10.0. The Morgan fingerprint density at radius 1 is 1.21 bits per heavy atom. The Labute approximate surface area is 195 Å². The van der Waals surface area contributed by atoms with Gasteiger partial charge in [0.15, 0.2) is 0 Å². The van der Waals surface area contributed by atoms with Gasteiger partial charge in [0, 0.05) is 6.54 Å². The highest BCUT2D eigenvalue weighted by Gasteiger charge is 2.42. The summed E-state index contributed by atoms with van der Waals surface area (Å²) in [5, 5.41) is 4.37. The van der Waals surface area contributed by atoms with Crippen LogP contribution in [0.1, 0.15) is 69.9 Å². The number of carbonyl (C=O) groups excluding carboxylic acids is 1. The molecule has 2 aromatic rings. The van der Waals surface area contributed by atoms with Gasteiger partial charge in [-0.25, -0.2) is 19.3 Å². The lowest BCUT2D eigenvalue weighted by atomic mass is 9.78. The third-order valence-electron chi connectivity index (χ3n) is 6.41. The fraction of sp³-hybridized carbons (Fsp3) is 0.727. The predicted octanol–water partition coefficient (Wildman–Crippen LogP) is 3.80. The van der Waals surface area contributed by atoms with Gasteiger partial charge in [-0.05, 0) is 52.4 Å². The normalized spacial score (nSPS) is 25.4. The summed E-state index contributed by atoms with van der Waals surface area (Å²) in [4.78, 5) is 23.4. The monoisotopic (exact) mass is 484 g/mol. The number of rotatable bonds is 3. The number of imidazole rings is 1. The minimum absolute atomic E-state index is 0.0814. The lowest BCUT2D eigenvalue weighted by molar-refractivity contribution is -0.184. The molecule has 34 heavy (non-hydrogen) atoms. The molecule has 9 nitrogen and oxygen atoms in total. The van der Waals surface area contributed by atoms with Crippen molar-refractivity contribution in [2.45, 2.75) is 70.3 Å². The minimum Gasteiger partial charge on any atom is -0.444 e. The zero-order valence-electron chi connectivity index (χ0n) is 19.6. The van der Waals surface area contributed by atoms with Gasteiger partial charge >= 0.3 is 12.3 Å². The highest BCUT2D eigenvalue weighted by Crippen LogP contribution is 2.42. The Bertz CT molecular complexity index is 1010. The van der Waals surface area contributed by atoms with Gasteiger partial charge in [-0.2, -0.15) is 18.3 Å². The molecule has 1 unspecified atom stereocenters. The third kappa shape index (κ3) is 5.43. The Balaban J connectivity index is 1.50. The SMILES string of the molecule is CC(C)(C)OC(=O)N1CCOCC1c1cnn2cc([C@@H](N)C3CCC(C(F)(F)F)CC3)nc2n1. The molecule has 2 aromatic heterocycles. The van der Waals surface area contributed by atoms with Crippen LogP contribution >= 0.6 is 0 Å². The lowest BCUT2D eigenvalue weighted by Gasteiger charge is -2.36. The summed E-state index contributed by atoms with van der Waals surface area (Å²) in [5.41, 5.74) is 6.80. The van der Waals surface area contributed by atoms with Gasteiger partial charge in [-0.15, -0.1) is 0 Å². The first-order chi connectivity index (χ1) is 15.9. The number of halogens is 3. The van der Waals surface area contributed by atoms with E-state index in [1.807, 2.05) is 0 Å². The van der Waals surface area contributed by atoms with Gasteiger partial charge in [0.1, 0.15) is 11.6 Å². The highest BCUT2D eigenvalue weighted by atomic mass is 19.4. The minimum atomic E-state index is -4.15. The Hall–Kier alpha value is -2.47. The van der Waals surface area contributed by atoms with Crippen molar-refractivity contribution in [1.82, 2.24) is 24.5 Å². The smallest absolute Gasteiger partial charge is 0.411 e. The van der Waals surface area contributed by atoms with E-state index in [4.69, 9.17) is 15.2 Å². The Kier molecular flexibility index (Phi) is 6.74. The molecule has 3 heterocycles. The topological polar surface area (TPSA) is 108 Å².